The highest BCUT2D eigenvalue weighted by molar-refractivity contribution is 7.71. The molecule has 84 valence electrons. The van der Waals surface area contributed by atoms with Gasteiger partial charge in [-0.3, -0.25) is 5.10 Å². The number of aromatic nitrogens is 3. The third-order valence-corrected chi connectivity index (χ3v) is 3.01. The topological polar surface area (TPSA) is 33.1 Å². The number of aryl methyl sites for hydroxylation is 1. The van der Waals surface area contributed by atoms with Crippen LogP contribution in [0, 0.1) is 11.6 Å². The van der Waals surface area contributed by atoms with Gasteiger partial charge < -0.3 is 0 Å². The first kappa shape index (κ1) is 10.2. The van der Waals surface area contributed by atoms with Gasteiger partial charge in [0.05, 0.1) is 0 Å². The van der Waals surface area contributed by atoms with Gasteiger partial charge in [-0.15, -0.1) is 0 Å². The molecule has 17 heavy (non-hydrogen) atoms. The van der Waals surface area contributed by atoms with E-state index in [0.717, 1.165) is 27.1 Å². The van der Waals surface area contributed by atoms with E-state index < -0.39 is 0 Å². The van der Waals surface area contributed by atoms with Crippen molar-refractivity contribution in [2.24, 2.45) is 0 Å². The van der Waals surface area contributed by atoms with Crippen LogP contribution in [0.5, 0.6) is 0 Å². The molecule has 0 unspecified atom stereocenters. The van der Waals surface area contributed by atoms with Gasteiger partial charge in [-0.1, -0.05) is 42.5 Å². The smallest absolute Gasteiger partial charge is 0.162 e. The van der Waals surface area contributed by atoms with Crippen LogP contribution in [0.3, 0.4) is 0 Å². The quantitative estimate of drug-likeness (QED) is 0.663. The van der Waals surface area contributed by atoms with Crippen LogP contribution >= 0.6 is 12.2 Å². The average Bonchev–Trinajstić information content (AvgIpc) is 2.74. The van der Waals surface area contributed by atoms with E-state index in [2.05, 4.69) is 22.2 Å². The van der Waals surface area contributed by atoms with E-state index in [4.69, 9.17) is 12.2 Å². The minimum atomic E-state index is 0.745. The molecule has 0 aliphatic rings. The fourth-order valence-corrected chi connectivity index (χ4v) is 2.24. The second-order valence-corrected chi connectivity index (χ2v) is 4.37. The molecule has 2 heterocycles. The van der Waals surface area contributed by atoms with E-state index in [9.17, 15) is 0 Å². The molecule has 1 aromatic carbocycles. The van der Waals surface area contributed by atoms with Crippen LogP contribution in [0.1, 0.15) is 5.69 Å². The van der Waals surface area contributed by atoms with Gasteiger partial charge in [-0.25, -0.2) is 9.50 Å². The van der Waals surface area contributed by atoms with Gasteiger partial charge in [0.25, 0.3) is 0 Å². The van der Waals surface area contributed by atoms with Crippen LogP contribution in [0.4, 0.5) is 0 Å². The summed E-state index contributed by atoms with van der Waals surface area (Å²) >= 11 is 5.30. The number of aromatic amines is 1. The van der Waals surface area contributed by atoms with Crippen LogP contribution in [-0.2, 0) is 0 Å². The third kappa shape index (κ3) is 1.66. The number of benzene rings is 1. The van der Waals surface area contributed by atoms with Crippen molar-refractivity contribution in [3.8, 4) is 11.1 Å². The number of hydrogen-bond acceptors (Lipinski definition) is 2. The molecule has 3 nitrogen and oxygen atoms in total. The summed E-state index contributed by atoms with van der Waals surface area (Å²) in [6, 6.07) is 12.1. The van der Waals surface area contributed by atoms with E-state index in [1.807, 2.05) is 41.9 Å². The Bertz CT molecular complexity index is 725. The molecule has 0 fully saturated rings. The van der Waals surface area contributed by atoms with Crippen molar-refractivity contribution in [3.63, 3.8) is 0 Å². The van der Waals surface area contributed by atoms with E-state index >= 15 is 0 Å². The van der Waals surface area contributed by atoms with Gasteiger partial charge in [-0.2, -0.15) is 0 Å². The third-order valence-electron chi connectivity index (χ3n) is 2.71. The van der Waals surface area contributed by atoms with Gasteiger partial charge >= 0.3 is 0 Å². The van der Waals surface area contributed by atoms with Crippen molar-refractivity contribution in [1.29, 1.82) is 0 Å². The highest BCUT2D eigenvalue weighted by Crippen LogP contribution is 2.23. The molecule has 0 bridgehead atoms. The summed E-state index contributed by atoms with van der Waals surface area (Å²) in [6.45, 7) is 1.96. The van der Waals surface area contributed by atoms with Gasteiger partial charge in [0.2, 0.25) is 0 Å². The minimum absolute atomic E-state index is 0.745. The van der Waals surface area contributed by atoms with Crippen molar-refractivity contribution >= 4 is 17.9 Å². The number of rotatable bonds is 1. The van der Waals surface area contributed by atoms with Crippen LogP contribution in [0.15, 0.2) is 42.6 Å². The molecular weight excluding hydrogens is 230 g/mol. The molecule has 3 aromatic rings. The van der Waals surface area contributed by atoms with Gasteiger partial charge in [0, 0.05) is 17.5 Å². The summed E-state index contributed by atoms with van der Waals surface area (Å²) in [6.07, 6.45) is 1.94. The minimum Gasteiger partial charge on any atom is -0.298 e. The first-order chi connectivity index (χ1) is 8.25. The zero-order valence-electron chi connectivity index (χ0n) is 9.34. The average molecular weight is 241 g/mol. The second kappa shape index (κ2) is 3.82. The van der Waals surface area contributed by atoms with Gasteiger partial charge in [-0.05, 0) is 18.6 Å². The lowest BCUT2D eigenvalue weighted by atomic mass is 10.1. The molecule has 2 aromatic heterocycles. The summed E-state index contributed by atoms with van der Waals surface area (Å²) in [5.41, 5.74) is 4.02. The summed E-state index contributed by atoms with van der Waals surface area (Å²) in [7, 11) is 0. The van der Waals surface area contributed by atoms with Crippen LogP contribution in [0.25, 0.3) is 16.8 Å². The van der Waals surface area contributed by atoms with Crippen molar-refractivity contribution in [2.75, 3.05) is 0 Å². The lowest BCUT2D eigenvalue weighted by molar-refractivity contribution is 0.915. The van der Waals surface area contributed by atoms with Crippen molar-refractivity contribution in [3.05, 3.63) is 52.9 Å². The molecule has 1 N–H and O–H groups in total. The Morgan fingerprint density at radius 1 is 1.24 bits per heavy atom. The number of H-pyrrole nitrogens is 1. The Labute approximate surface area is 104 Å². The van der Waals surface area contributed by atoms with Crippen molar-refractivity contribution < 1.29 is 0 Å². The fraction of sp³-hybridized carbons (Fsp3) is 0.0769. The van der Waals surface area contributed by atoms with Gasteiger partial charge in [0.15, 0.2) is 5.65 Å². The van der Waals surface area contributed by atoms with E-state index in [-0.39, 0.29) is 0 Å². The van der Waals surface area contributed by atoms with E-state index in [1.165, 1.54) is 0 Å². The molecule has 0 aliphatic heterocycles. The zero-order valence-corrected chi connectivity index (χ0v) is 10.2. The number of hydrogen-bond donors (Lipinski definition) is 1. The lowest BCUT2D eigenvalue weighted by Crippen LogP contribution is -1.94. The van der Waals surface area contributed by atoms with Crippen LogP contribution in [-0.4, -0.2) is 14.6 Å². The van der Waals surface area contributed by atoms with Gasteiger partial charge in [0.1, 0.15) is 4.64 Å². The molecule has 0 amide bonds. The lowest BCUT2D eigenvalue weighted by Gasteiger charge is -2.00. The normalized spacial score (nSPS) is 10.9. The Morgan fingerprint density at radius 3 is 2.76 bits per heavy atom. The molecular formula is C13H11N3S. The second-order valence-electron chi connectivity index (χ2n) is 3.95. The molecule has 0 spiro atoms. The summed E-state index contributed by atoms with van der Waals surface area (Å²) in [5.74, 6) is 0. The predicted molar refractivity (Wildman–Crippen MR) is 70.5 cm³/mol. The molecule has 0 radical (unpaired) electrons. The summed E-state index contributed by atoms with van der Waals surface area (Å²) in [4.78, 5) is 4.54. The van der Waals surface area contributed by atoms with E-state index in [0.29, 0.717) is 0 Å². The largest absolute Gasteiger partial charge is 0.298 e. The monoisotopic (exact) mass is 241 g/mol. The van der Waals surface area contributed by atoms with E-state index in [1.54, 1.807) is 0 Å². The van der Waals surface area contributed by atoms with Crippen LogP contribution < -0.4 is 0 Å². The summed E-state index contributed by atoms with van der Waals surface area (Å²) in [5, 5.41) is 3.13. The maximum absolute atomic E-state index is 5.30. The Kier molecular flexibility index (Phi) is 2.30. The summed E-state index contributed by atoms with van der Waals surface area (Å²) < 4.78 is 2.57. The SMILES string of the molecule is Cc1cc(=S)n2[nH]cc(-c3ccccc3)c2n1. The van der Waals surface area contributed by atoms with Crippen molar-refractivity contribution in [2.45, 2.75) is 6.92 Å². The predicted octanol–water partition coefficient (Wildman–Crippen LogP) is 3.37. The van der Waals surface area contributed by atoms with Crippen molar-refractivity contribution in [1.82, 2.24) is 14.6 Å². The zero-order chi connectivity index (χ0) is 11.8. The number of fused-ring (bicyclic) bond motifs is 1. The first-order valence-electron chi connectivity index (χ1n) is 5.39. The molecule has 0 aliphatic carbocycles. The molecule has 4 heteroatoms. The molecule has 0 saturated carbocycles. The maximum atomic E-state index is 5.30. The Morgan fingerprint density at radius 2 is 2.00 bits per heavy atom. The fourth-order valence-electron chi connectivity index (χ4n) is 1.93. The first-order valence-corrected chi connectivity index (χ1v) is 5.80. The molecule has 0 atom stereocenters. The van der Waals surface area contributed by atoms with Crippen LogP contribution in [0.2, 0.25) is 0 Å². The molecule has 3 rings (SSSR count). The Hall–Kier alpha value is -1.94. The Balaban J connectivity index is 2.36. The maximum Gasteiger partial charge on any atom is 0.162 e. The highest BCUT2D eigenvalue weighted by atomic mass is 32.1. The standard InChI is InChI=1S/C13H11N3S/c1-9-7-12(17)16-13(15-9)11(8-14-16)10-5-3-2-4-6-10/h2-8,14H,1H3. The highest BCUT2D eigenvalue weighted by Gasteiger charge is 2.07. The number of nitrogens with one attached hydrogen (secondary N) is 1. The molecule has 0 saturated heterocycles. The number of nitrogens with zero attached hydrogens (tertiary/aromatic N) is 2.